The normalized spacial score (nSPS) is 10.9. The lowest BCUT2D eigenvalue weighted by atomic mass is 10.1. The lowest BCUT2D eigenvalue weighted by Crippen LogP contribution is -2.09. The van der Waals surface area contributed by atoms with Gasteiger partial charge in [0.25, 0.3) is 0 Å². The first-order valence-corrected chi connectivity index (χ1v) is 9.29. The second-order valence-electron chi connectivity index (χ2n) is 6.53. The van der Waals surface area contributed by atoms with Crippen molar-refractivity contribution < 1.29 is 0 Å². The van der Waals surface area contributed by atoms with Crippen molar-refractivity contribution in [3.05, 3.63) is 115 Å². The van der Waals surface area contributed by atoms with Crippen molar-refractivity contribution >= 4 is 28.4 Å². The third kappa shape index (κ3) is 3.99. The van der Waals surface area contributed by atoms with Gasteiger partial charge in [-0.3, -0.25) is 0 Å². The van der Waals surface area contributed by atoms with Gasteiger partial charge in [0, 0.05) is 11.4 Å². The molecular formula is C25H21N3. The average Bonchev–Trinajstić information content (AvgIpc) is 2.76. The Morgan fingerprint density at radius 1 is 0.536 bits per heavy atom. The largest absolute Gasteiger partial charge is 0.308 e. The predicted molar refractivity (Wildman–Crippen MR) is 116 cm³/mol. The Bertz CT molecular complexity index is 1020. The van der Waals surface area contributed by atoms with Gasteiger partial charge in [-0.05, 0) is 55.5 Å². The van der Waals surface area contributed by atoms with E-state index in [1.54, 1.807) is 0 Å². The molecule has 0 aliphatic carbocycles. The Labute approximate surface area is 165 Å². The lowest BCUT2D eigenvalue weighted by molar-refractivity contribution is 1.20. The molecule has 0 amide bonds. The Morgan fingerprint density at radius 2 is 1.07 bits per heavy atom. The molecule has 0 N–H and O–H groups in total. The quantitative estimate of drug-likeness (QED) is 0.331. The van der Waals surface area contributed by atoms with Crippen LogP contribution in [-0.2, 0) is 0 Å². The van der Waals surface area contributed by atoms with E-state index < -0.39 is 0 Å². The number of rotatable bonds is 5. The van der Waals surface area contributed by atoms with Crippen molar-refractivity contribution in [2.24, 2.45) is 10.2 Å². The smallest absolute Gasteiger partial charge is 0.110 e. The van der Waals surface area contributed by atoms with E-state index in [1.165, 1.54) is 5.56 Å². The summed E-state index contributed by atoms with van der Waals surface area (Å²) in [4.78, 5) is 2.20. The third-order valence-corrected chi connectivity index (χ3v) is 4.46. The van der Waals surface area contributed by atoms with Gasteiger partial charge < -0.3 is 4.90 Å². The Balaban J connectivity index is 1.78. The molecule has 0 fully saturated rings. The molecule has 0 saturated heterocycles. The molecule has 0 atom stereocenters. The third-order valence-electron chi connectivity index (χ3n) is 4.46. The molecule has 3 nitrogen and oxygen atoms in total. The molecule has 0 aliphatic heterocycles. The molecule has 4 rings (SSSR count). The standard InChI is InChI=1S/C25H21N3/c1-20-16-18-21(19-17-20)26-27-24-14-8-9-15-25(24)28(22-10-4-2-5-11-22)23-12-6-3-7-13-23/h2-19H,1H3. The van der Waals surface area contributed by atoms with Crippen LogP contribution in [0.1, 0.15) is 5.56 Å². The average molecular weight is 363 g/mol. The zero-order valence-electron chi connectivity index (χ0n) is 15.7. The molecule has 136 valence electrons. The highest BCUT2D eigenvalue weighted by Gasteiger charge is 2.15. The Kier molecular flexibility index (Phi) is 5.25. The van der Waals surface area contributed by atoms with Crippen LogP contribution in [0, 0.1) is 6.92 Å². The maximum absolute atomic E-state index is 4.56. The fourth-order valence-electron chi connectivity index (χ4n) is 3.04. The highest BCUT2D eigenvalue weighted by molar-refractivity contribution is 5.83. The summed E-state index contributed by atoms with van der Waals surface area (Å²) in [6, 6.07) is 36.7. The van der Waals surface area contributed by atoms with E-state index in [9.17, 15) is 0 Å². The molecular weight excluding hydrogens is 342 g/mol. The molecule has 0 radical (unpaired) electrons. The van der Waals surface area contributed by atoms with E-state index in [-0.39, 0.29) is 0 Å². The maximum Gasteiger partial charge on any atom is 0.110 e. The number of nitrogens with zero attached hydrogens (tertiary/aromatic N) is 3. The van der Waals surface area contributed by atoms with Crippen molar-refractivity contribution in [3.63, 3.8) is 0 Å². The summed E-state index contributed by atoms with van der Waals surface area (Å²) in [5, 5.41) is 9.01. The monoisotopic (exact) mass is 363 g/mol. The number of azo groups is 1. The van der Waals surface area contributed by atoms with Crippen LogP contribution >= 0.6 is 0 Å². The summed E-state index contributed by atoms with van der Waals surface area (Å²) in [6.45, 7) is 2.06. The maximum atomic E-state index is 4.56. The minimum Gasteiger partial charge on any atom is -0.308 e. The van der Waals surface area contributed by atoms with Gasteiger partial charge in [-0.25, -0.2) is 0 Å². The van der Waals surface area contributed by atoms with Gasteiger partial charge in [0.05, 0.1) is 11.4 Å². The molecule has 0 saturated carbocycles. The van der Waals surface area contributed by atoms with Crippen molar-refractivity contribution in [2.45, 2.75) is 6.92 Å². The summed E-state index contributed by atoms with van der Waals surface area (Å²) in [5.41, 5.74) is 6.00. The molecule has 3 heteroatoms. The molecule has 0 bridgehead atoms. The first-order valence-electron chi connectivity index (χ1n) is 9.29. The summed E-state index contributed by atoms with van der Waals surface area (Å²) >= 11 is 0. The lowest BCUT2D eigenvalue weighted by Gasteiger charge is -2.26. The minimum atomic E-state index is 0.816. The highest BCUT2D eigenvalue weighted by atomic mass is 15.2. The fourth-order valence-corrected chi connectivity index (χ4v) is 3.04. The molecule has 0 heterocycles. The molecule has 0 unspecified atom stereocenters. The van der Waals surface area contributed by atoms with Crippen LogP contribution in [0.15, 0.2) is 119 Å². The van der Waals surface area contributed by atoms with Crippen molar-refractivity contribution in [1.82, 2.24) is 0 Å². The van der Waals surface area contributed by atoms with E-state index >= 15 is 0 Å². The molecule has 0 aromatic heterocycles. The van der Waals surface area contributed by atoms with Crippen molar-refractivity contribution in [1.29, 1.82) is 0 Å². The van der Waals surface area contributed by atoms with Crippen molar-refractivity contribution in [2.75, 3.05) is 4.90 Å². The van der Waals surface area contributed by atoms with E-state index in [0.29, 0.717) is 0 Å². The van der Waals surface area contributed by atoms with E-state index in [4.69, 9.17) is 0 Å². The van der Waals surface area contributed by atoms with Crippen LogP contribution in [0.2, 0.25) is 0 Å². The SMILES string of the molecule is Cc1ccc(N=Nc2ccccc2N(c2ccccc2)c2ccccc2)cc1. The minimum absolute atomic E-state index is 0.816. The van der Waals surface area contributed by atoms with Gasteiger partial charge >= 0.3 is 0 Å². The van der Waals surface area contributed by atoms with Gasteiger partial charge in [0.1, 0.15) is 5.69 Å². The van der Waals surface area contributed by atoms with Crippen LogP contribution < -0.4 is 4.90 Å². The Hall–Kier alpha value is -3.72. The number of hydrogen-bond donors (Lipinski definition) is 0. The molecule has 4 aromatic carbocycles. The van der Waals surface area contributed by atoms with Gasteiger partial charge in [-0.2, -0.15) is 5.11 Å². The van der Waals surface area contributed by atoms with Crippen LogP contribution in [0.4, 0.5) is 28.4 Å². The predicted octanol–water partition coefficient (Wildman–Crippen LogP) is 7.88. The Morgan fingerprint density at radius 3 is 1.68 bits per heavy atom. The molecule has 0 aliphatic rings. The van der Waals surface area contributed by atoms with Gasteiger partial charge in [0.15, 0.2) is 0 Å². The van der Waals surface area contributed by atoms with Gasteiger partial charge in [0.2, 0.25) is 0 Å². The molecule has 0 spiro atoms. The molecule has 28 heavy (non-hydrogen) atoms. The second kappa shape index (κ2) is 8.31. The number of anilines is 3. The molecule has 4 aromatic rings. The number of hydrogen-bond acceptors (Lipinski definition) is 3. The first kappa shape index (κ1) is 17.7. The van der Waals surface area contributed by atoms with E-state index in [1.807, 2.05) is 78.9 Å². The zero-order valence-corrected chi connectivity index (χ0v) is 15.7. The second-order valence-corrected chi connectivity index (χ2v) is 6.53. The summed E-state index contributed by atoms with van der Waals surface area (Å²) in [6.07, 6.45) is 0. The summed E-state index contributed by atoms with van der Waals surface area (Å²) in [5.74, 6) is 0. The van der Waals surface area contributed by atoms with Gasteiger partial charge in [-0.15, -0.1) is 5.11 Å². The number of para-hydroxylation sites is 3. The number of aryl methyl sites for hydroxylation is 1. The highest BCUT2D eigenvalue weighted by Crippen LogP contribution is 2.40. The van der Waals surface area contributed by atoms with Crippen molar-refractivity contribution in [3.8, 4) is 0 Å². The zero-order chi connectivity index (χ0) is 19.2. The summed E-state index contributed by atoms with van der Waals surface area (Å²) in [7, 11) is 0. The fraction of sp³-hybridized carbons (Fsp3) is 0.0400. The van der Waals surface area contributed by atoms with Crippen LogP contribution in [-0.4, -0.2) is 0 Å². The summed E-state index contributed by atoms with van der Waals surface area (Å²) < 4.78 is 0. The van der Waals surface area contributed by atoms with Crippen LogP contribution in [0.3, 0.4) is 0 Å². The van der Waals surface area contributed by atoms with E-state index in [0.717, 1.165) is 28.4 Å². The van der Waals surface area contributed by atoms with Gasteiger partial charge in [-0.1, -0.05) is 66.2 Å². The van der Waals surface area contributed by atoms with Crippen LogP contribution in [0.5, 0.6) is 0 Å². The topological polar surface area (TPSA) is 28.0 Å². The van der Waals surface area contributed by atoms with E-state index in [2.05, 4.69) is 52.4 Å². The number of benzene rings is 4. The van der Waals surface area contributed by atoms with Crippen LogP contribution in [0.25, 0.3) is 0 Å². The first-order chi connectivity index (χ1) is 13.8.